The van der Waals surface area contributed by atoms with E-state index in [1.165, 1.54) is 11.3 Å². The molecule has 0 unspecified atom stereocenters. The number of hydrogen-bond donors (Lipinski definition) is 2. The van der Waals surface area contributed by atoms with Crippen LogP contribution in [-0.2, 0) is 16.0 Å². The smallest absolute Gasteiger partial charge is 0.254 e. The lowest BCUT2D eigenvalue weighted by Crippen LogP contribution is -2.40. The van der Waals surface area contributed by atoms with Crippen LogP contribution >= 0.6 is 11.3 Å². The Labute approximate surface area is 174 Å². The molecule has 1 heterocycles. The lowest BCUT2D eigenvalue weighted by Gasteiger charge is -2.24. The Morgan fingerprint density at radius 2 is 1.90 bits per heavy atom. The van der Waals surface area contributed by atoms with Gasteiger partial charge in [0.15, 0.2) is 5.13 Å². The van der Waals surface area contributed by atoms with Crippen LogP contribution in [0.25, 0.3) is 0 Å². The van der Waals surface area contributed by atoms with Crippen molar-refractivity contribution in [3.8, 4) is 0 Å². The molecule has 2 N–H and O–H groups in total. The minimum atomic E-state index is -0.307. The summed E-state index contributed by atoms with van der Waals surface area (Å²) in [7, 11) is 0. The van der Waals surface area contributed by atoms with E-state index < -0.39 is 0 Å². The zero-order chi connectivity index (χ0) is 20.8. The number of rotatable bonds is 9. The van der Waals surface area contributed by atoms with E-state index in [0.29, 0.717) is 29.0 Å². The second-order valence-electron chi connectivity index (χ2n) is 7.66. The van der Waals surface area contributed by atoms with Crippen LogP contribution in [0.15, 0.2) is 35.7 Å². The number of aromatic nitrogens is 1. The normalized spacial score (nSPS) is 13.2. The highest BCUT2D eigenvalue weighted by molar-refractivity contribution is 7.13. The van der Waals surface area contributed by atoms with Crippen molar-refractivity contribution >= 4 is 34.2 Å². The van der Waals surface area contributed by atoms with Gasteiger partial charge in [-0.25, -0.2) is 4.98 Å². The number of carbonyl (C=O) groups excluding carboxylic acids is 3. The molecule has 154 valence electrons. The van der Waals surface area contributed by atoms with Crippen LogP contribution in [0.4, 0.5) is 5.13 Å². The van der Waals surface area contributed by atoms with E-state index in [2.05, 4.69) is 15.6 Å². The van der Waals surface area contributed by atoms with Crippen molar-refractivity contribution in [2.75, 3.05) is 18.4 Å². The van der Waals surface area contributed by atoms with Crippen LogP contribution in [0.1, 0.15) is 42.7 Å². The molecule has 1 saturated carbocycles. The Balaban J connectivity index is 1.56. The Morgan fingerprint density at radius 1 is 1.17 bits per heavy atom. The predicted molar refractivity (Wildman–Crippen MR) is 113 cm³/mol. The fraction of sp³-hybridized carbons (Fsp3) is 0.429. The third-order valence-electron chi connectivity index (χ3n) is 4.31. The van der Waals surface area contributed by atoms with E-state index in [4.69, 9.17) is 0 Å². The Morgan fingerprint density at radius 3 is 2.55 bits per heavy atom. The largest absolute Gasteiger partial charge is 0.353 e. The monoisotopic (exact) mass is 414 g/mol. The molecule has 1 aromatic carbocycles. The van der Waals surface area contributed by atoms with Crippen LogP contribution in [0.5, 0.6) is 0 Å². The van der Waals surface area contributed by atoms with Crippen molar-refractivity contribution in [2.45, 2.75) is 39.2 Å². The van der Waals surface area contributed by atoms with Crippen molar-refractivity contribution < 1.29 is 14.4 Å². The number of amides is 3. The number of carbonyl (C=O) groups is 3. The molecule has 0 radical (unpaired) electrons. The van der Waals surface area contributed by atoms with E-state index in [1.54, 1.807) is 34.5 Å². The number of hydrogen-bond acceptors (Lipinski definition) is 5. The molecule has 7 nitrogen and oxygen atoms in total. The van der Waals surface area contributed by atoms with Crippen LogP contribution in [0.3, 0.4) is 0 Å². The molecule has 0 saturated heterocycles. The Hall–Kier alpha value is -2.74. The quantitative estimate of drug-likeness (QED) is 0.660. The number of anilines is 1. The van der Waals surface area contributed by atoms with Crippen LogP contribution < -0.4 is 10.6 Å². The summed E-state index contributed by atoms with van der Waals surface area (Å²) in [5, 5.41) is 7.86. The van der Waals surface area contributed by atoms with E-state index in [1.807, 2.05) is 19.9 Å². The summed E-state index contributed by atoms with van der Waals surface area (Å²) in [4.78, 5) is 43.0. The van der Waals surface area contributed by atoms with Crippen molar-refractivity contribution in [3.05, 3.63) is 47.0 Å². The molecule has 29 heavy (non-hydrogen) atoms. The third kappa shape index (κ3) is 6.67. The van der Waals surface area contributed by atoms with Crippen molar-refractivity contribution in [2.24, 2.45) is 5.92 Å². The summed E-state index contributed by atoms with van der Waals surface area (Å²) in [6.07, 6.45) is 2.28. The second kappa shape index (κ2) is 9.65. The van der Waals surface area contributed by atoms with Gasteiger partial charge in [-0.2, -0.15) is 0 Å². The van der Waals surface area contributed by atoms with Gasteiger partial charge in [0.25, 0.3) is 5.91 Å². The first kappa shape index (κ1) is 21.0. The second-order valence-corrected chi connectivity index (χ2v) is 8.51. The van der Waals surface area contributed by atoms with Crippen molar-refractivity contribution in [3.63, 3.8) is 0 Å². The fourth-order valence-electron chi connectivity index (χ4n) is 2.87. The van der Waals surface area contributed by atoms with Crippen LogP contribution in [0, 0.1) is 5.92 Å². The van der Waals surface area contributed by atoms with Gasteiger partial charge in [0, 0.05) is 23.5 Å². The number of benzene rings is 1. The highest BCUT2D eigenvalue weighted by Crippen LogP contribution is 2.20. The standard InChI is InChI=1S/C21H26N4O3S/c1-14(2)11-25(20(28)15-6-4-3-5-7-15)12-19(27)24-21-23-17(13-29-21)10-18(26)22-16-8-9-16/h3-7,13-14,16H,8-12H2,1-2H3,(H,22,26)(H,23,24,27). The van der Waals surface area contributed by atoms with Gasteiger partial charge in [-0.1, -0.05) is 32.0 Å². The maximum Gasteiger partial charge on any atom is 0.254 e. The molecule has 3 rings (SSSR count). The summed E-state index contributed by atoms with van der Waals surface area (Å²) in [5.41, 5.74) is 1.18. The first-order valence-electron chi connectivity index (χ1n) is 9.78. The van der Waals surface area contributed by atoms with Crippen molar-refractivity contribution in [1.29, 1.82) is 0 Å². The predicted octanol–water partition coefficient (Wildman–Crippen LogP) is 2.70. The topological polar surface area (TPSA) is 91.4 Å². The summed E-state index contributed by atoms with van der Waals surface area (Å²) < 4.78 is 0. The molecular weight excluding hydrogens is 388 g/mol. The van der Waals surface area contributed by atoms with E-state index >= 15 is 0 Å². The highest BCUT2D eigenvalue weighted by Gasteiger charge is 2.24. The zero-order valence-corrected chi connectivity index (χ0v) is 17.5. The molecule has 8 heteroatoms. The SMILES string of the molecule is CC(C)CN(CC(=O)Nc1nc(CC(=O)NC2CC2)cs1)C(=O)c1ccccc1. The first-order valence-corrected chi connectivity index (χ1v) is 10.7. The van der Waals surface area contributed by atoms with Gasteiger partial charge in [0.2, 0.25) is 11.8 Å². The fourth-order valence-corrected chi connectivity index (χ4v) is 3.60. The molecule has 0 bridgehead atoms. The Bertz CT molecular complexity index is 862. The van der Waals surface area contributed by atoms with Crippen LogP contribution in [-0.4, -0.2) is 46.7 Å². The molecule has 1 aliphatic carbocycles. The average molecular weight is 415 g/mol. The minimum Gasteiger partial charge on any atom is -0.353 e. The van der Waals surface area contributed by atoms with Gasteiger partial charge < -0.3 is 15.5 Å². The lowest BCUT2D eigenvalue weighted by atomic mass is 10.1. The van der Waals surface area contributed by atoms with Gasteiger partial charge in [-0.05, 0) is 30.9 Å². The summed E-state index contributed by atoms with van der Waals surface area (Å²) in [6.45, 7) is 4.43. The number of thiazole rings is 1. The molecule has 3 amide bonds. The first-order chi connectivity index (χ1) is 13.9. The molecule has 1 fully saturated rings. The van der Waals surface area contributed by atoms with Crippen molar-refractivity contribution in [1.82, 2.24) is 15.2 Å². The third-order valence-corrected chi connectivity index (χ3v) is 5.12. The maximum absolute atomic E-state index is 12.8. The highest BCUT2D eigenvalue weighted by atomic mass is 32.1. The minimum absolute atomic E-state index is 0.0488. The van der Waals surface area contributed by atoms with Gasteiger partial charge in [-0.3, -0.25) is 14.4 Å². The van der Waals surface area contributed by atoms with Crippen LogP contribution in [0.2, 0.25) is 0 Å². The zero-order valence-electron chi connectivity index (χ0n) is 16.7. The van der Waals surface area contributed by atoms with E-state index in [-0.39, 0.29) is 36.6 Å². The van der Waals surface area contributed by atoms with Gasteiger partial charge in [0.1, 0.15) is 6.54 Å². The molecule has 0 aliphatic heterocycles. The van der Waals surface area contributed by atoms with E-state index in [0.717, 1.165) is 12.8 Å². The van der Waals surface area contributed by atoms with Gasteiger partial charge in [-0.15, -0.1) is 11.3 Å². The molecule has 0 atom stereocenters. The molecule has 1 aliphatic rings. The summed E-state index contributed by atoms with van der Waals surface area (Å²) in [5.74, 6) is -0.302. The summed E-state index contributed by atoms with van der Waals surface area (Å²) >= 11 is 1.27. The van der Waals surface area contributed by atoms with Gasteiger partial charge >= 0.3 is 0 Å². The Kier molecular flexibility index (Phi) is 6.98. The number of nitrogens with one attached hydrogen (secondary N) is 2. The summed E-state index contributed by atoms with van der Waals surface area (Å²) in [6, 6.07) is 9.26. The molecule has 1 aromatic heterocycles. The van der Waals surface area contributed by atoms with Gasteiger partial charge in [0.05, 0.1) is 12.1 Å². The maximum atomic E-state index is 12.8. The molecule has 2 aromatic rings. The average Bonchev–Trinajstić information content (AvgIpc) is 3.38. The van der Waals surface area contributed by atoms with E-state index in [9.17, 15) is 14.4 Å². The number of nitrogens with zero attached hydrogens (tertiary/aromatic N) is 2. The molecular formula is C21H26N4O3S. The lowest BCUT2D eigenvalue weighted by molar-refractivity contribution is -0.120. The molecule has 0 spiro atoms.